The Kier molecular flexibility index (Phi) is 5.00. The molecule has 1 unspecified atom stereocenters. The van der Waals surface area contributed by atoms with Gasteiger partial charge in [-0.2, -0.15) is 0 Å². The van der Waals surface area contributed by atoms with Gasteiger partial charge in [0.25, 0.3) is 0 Å². The predicted molar refractivity (Wildman–Crippen MR) is 77.2 cm³/mol. The van der Waals surface area contributed by atoms with E-state index in [0.29, 0.717) is 0 Å². The average molecular weight is 232 g/mol. The number of rotatable bonds is 4. The van der Waals surface area contributed by atoms with Crippen molar-refractivity contribution >= 4 is 14.0 Å². The van der Waals surface area contributed by atoms with Crippen LogP contribution in [0.1, 0.15) is 37.8 Å². The maximum absolute atomic E-state index is 2.47. The molecule has 0 bridgehead atoms. The first-order valence-electron chi connectivity index (χ1n) is 6.36. The van der Waals surface area contributed by atoms with Crippen LogP contribution >= 0.6 is 0 Å². The first-order chi connectivity index (χ1) is 7.61. The molecule has 0 aromatic heterocycles. The van der Waals surface area contributed by atoms with Gasteiger partial charge in [0.1, 0.15) is 0 Å². The topological polar surface area (TPSA) is 0 Å². The summed E-state index contributed by atoms with van der Waals surface area (Å²) in [5.41, 5.74) is 2.96. The van der Waals surface area contributed by atoms with Crippen LogP contribution in [0.15, 0.2) is 29.5 Å². The highest BCUT2D eigenvalue weighted by Crippen LogP contribution is 2.12. The Morgan fingerprint density at radius 2 is 1.75 bits per heavy atom. The molecule has 0 aliphatic heterocycles. The third-order valence-electron chi connectivity index (χ3n) is 3.41. The van der Waals surface area contributed by atoms with Crippen molar-refractivity contribution in [2.45, 2.75) is 47.1 Å². The molecule has 0 radical (unpaired) electrons. The van der Waals surface area contributed by atoms with Gasteiger partial charge in [-0.1, -0.05) is 66.2 Å². The van der Waals surface area contributed by atoms with E-state index in [1.165, 1.54) is 24.0 Å². The van der Waals surface area contributed by atoms with Gasteiger partial charge in [0.15, 0.2) is 0 Å². The smallest absolute Gasteiger partial charge is 0.0894 e. The number of hydrogen-bond acceptors (Lipinski definition) is 0. The van der Waals surface area contributed by atoms with Crippen molar-refractivity contribution in [2.75, 3.05) is 0 Å². The Labute approximate surface area is 102 Å². The van der Waals surface area contributed by atoms with Gasteiger partial charge in [-0.25, -0.2) is 0 Å². The van der Waals surface area contributed by atoms with Crippen molar-refractivity contribution in [1.29, 1.82) is 0 Å². The molecule has 1 rings (SSSR count). The molecule has 0 amide bonds. The highest BCUT2D eigenvalue weighted by Gasteiger charge is 2.15. The first-order valence-corrected chi connectivity index (χ1v) is 8.67. The molecule has 88 valence electrons. The number of allylic oxidation sites excluding steroid dienone is 2. The van der Waals surface area contributed by atoms with E-state index < -0.39 is 8.80 Å². The Balaban J connectivity index is 3.13. The lowest BCUT2D eigenvalue weighted by atomic mass is 10.2. The van der Waals surface area contributed by atoms with Crippen LogP contribution in [0.5, 0.6) is 0 Å². The minimum absolute atomic E-state index is 0.911. The van der Waals surface area contributed by atoms with Crippen LogP contribution in [0, 0.1) is 13.8 Å². The second-order valence-electron chi connectivity index (χ2n) is 4.57. The van der Waals surface area contributed by atoms with E-state index in [0.717, 1.165) is 0 Å². The summed E-state index contributed by atoms with van der Waals surface area (Å²) < 4.78 is 0. The molecule has 0 saturated carbocycles. The van der Waals surface area contributed by atoms with Crippen LogP contribution in [0.2, 0.25) is 6.55 Å². The number of benzene rings is 1. The Bertz CT molecular complexity index is 357. The Morgan fingerprint density at radius 3 is 2.19 bits per heavy atom. The maximum atomic E-state index is 2.47. The lowest BCUT2D eigenvalue weighted by Crippen LogP contribution is -2.33. The Morgan fingerprint density at radius 1 is 1.19 bits per heavy atom. The number of aryl methyl sites for hydroxylation is 2. The van der Waals surface area contributed by atoms with Crippen molar-refractivity contribution < 1.29 is 0 Å². The molecule has 0 N–H and O–H groups in total. The molecular weight excluding hydrogens is 208 g/mol. The van der Waals surface area contributed by atoms with E-state index in [1.54, 1.807) is 10.4 Å². The summed E-state index contributed by atoms with van der Waals surface area (Å²) in [6.45, 7) is 11.5. The molecule has 1 heteroatoms. The van der Waals surface area contributed by atoms with Gasteiger partial charge in [-0.15, -0.1) is 0 Å². The molecule has 1 atom stereocenters. The fourth-order valence-electron chi connectivity index (χ4n) is 2.59. The molecule has 0 spiro atoms. The Hall–Kier alpha value is -0.823. The summed E-state index contributed by atoms with van der Waals surface area (Å²) in [5.74, 6) is 0. The summed E-state index contributed by atoms with van der Waals surface area (Å²) in [5, 5.41) is 3.36. The predicted octanol–water partition coefficient (Wildman–Crippen LogP) is 3.65. The molecule has 0 heterocycles. The summed E-state index contributed by atoms with van der Waals surface area (Å²) in [6.07, 6.45) is 4.84. The molecule has 1 aromatic carbocycles. The van der Waals surface area contributed by atoms with Crippen LogP contribution in [0.3, 0.4) is 0 Å². The average Bonchev–Trinajstić information content (AvgIpc) is 2.25. The van der Waals surface area contributed by atoms with Crippen molar-refractivity contribution in [3.63, 3.8) is 0 Å². The van der Waals surface area contributed by atoms with E-state index >= 15 is 0 Å². The van der Waals surface area contributed by atoms with Gasteiger partial charge in [0.05, 0.1) is 8.80 Å². The van der Waals surface area contributed by atoms with Gasteiger partial charge in [-0.3, -0.25) is 0 Å². The third kappa shape index (κ3) is 2.85. The third-order valence-corrected chi connectivity index (χ3v) is 6.94. The standard InChI is InChI=1S/C15H24Si/c1-6-9-14(7-2)16(5)15-12(3)10-8-11-13(15)4/h8-11,16H,6-7H2,1-5H3/b14-9+. The van der Waals surface area contributed by atoms with Crippen LogP contribution in [-0.2, 0) is 0 Å². The zero-order chi connectivity index (χ0) is 12.1. The van der Waals surface area contributed by atoms with Crippen LogP contribution in [-0.4, -0.2) is 8.80 Å². The largest absolute Gasteiger partial charge is 0.0949 e. The van der Waals surface area contributed by atoms with Gasteiger partial charge in [0.2, 0.25) is 0 Å². The van der Waals surface area contributed by atoms with Crippen molar-refractivity contribution in [3.05, 3.63) is 40.6 Å². The monoisotopic (exact) mass is 232 g/mol. The SMILES string of the molecule is CC/C=C(\CC)[SiH](C)c1c(C)cccc1C. The molecule has 0 saturated heterocycles. The highest BCUT2D eigenvalue weighted by molar-refractivity contribution is 6.79. The van der Waals surface area contributed by atoms with Crippen molar-refractivity contribution in [1.82, 2.24) is 0 Å². The summed E-state index contributed by atoms with van der Waals surface area (Å²) in [7, 11) is -0.911. The summed E-state index contributed by atoms with van der Waals surface area (Å²) in [6, 6.07) is 6.68. The van der Waals surface area contributed by atoms with Crippen LogP contribution in [0.4, 0.5) is 0 Å². The van der Waals surface area contributed by atoms with E-state index in [9.17, 15) is 0 Å². The first kappa shape index (κ1) is 13.2. The molecule has 0 aliphatic carbocycles. The molecule has 0 fully saturated rings. The molecule has 16 heavy (non-hydrogen) atoms. The lowest BCUT2D eigenvalue weighted by molar-refractivity contribution is 1.12. The zero-order valence-electron chi connectivity index (χ0n) is 11.3. The van der Waals surface area contributed by atoms with Gasteiger partial charge >= 0.3 is 0 Å². The minimum atomic E-state index is -0.911. The lowest BCUT2D eigenvalue weighted by Gasteiger charge is -2.18. The normalized spacial score (nSPS) is 13.9. The summed E-state index contributed by atoms with van der Waals surface area (Å²) in [4.78, 5) is 0. The second-order valence-corrected chi connectivity index (χ2v) is 7.33. The van der Waals surface area contributed by atoms with E-state index in [1.807, 2.05) is 0 Å². The fourth-order valence-corrected chi connectivity index (χ4v) is 5.72. The van der Waals surface area contributed by atoms with Gasteiger partial charge in [0, 0.05) is 0 Å². The molecule has 0 nitrogen and oxygen atoms in total. The van der Waals surface area contributed by atoms with E-state index in [4.69, 9.17) is 0 Å². The zero-order valence-corrected chi connectivity index (χ0v) is 12.5. The fraction of sp³-hybridized carbons (Fsp3) is 0.467. The molecular formula is C15H24Si. The van der Waals surface area contributed by atoms with Crippen LogP contribution < -0.4 is 5.19 Å². The van der Waals surface area contributed by atoms with Crippen LogP contribution in [0.25, 0.3) is 0 Å². The summed E-state index contributed by atoms with van der Waals surface area (Å²) >= 11 is 0. The second kappa shape index (κ2) is 6.05. The van der Waals surface area contributed by atoms with Gasteiger partial charge < -0.3 is 0 Å². The quantitative estimate of drug-likeness (QED) is 0.695. The van der Waals surface area contributed by atoms with E-state index in [2.05, 4.69) is 58.5 Å². The van der Waals surface area contributed by atoms with E-state index in [-0.39, 0.29) is 0 Å². The molecule has 1 aromatic rings. The maximum Gasteiger partial charge on any atom is 0.0949 e. The number of hydrogen-bond donors (Lipinski definition) is 0. The van der Waals surface area contributed by atoms with Crippen molar-refractivity contribution in [3.8, 4) is 0 Å². The minimum Gasteiger partial charge on any atom is -0.0894 e. The van der Waals surface area contributed by atoms with Crippen molar-refractivity contribution in [2.24, 2.45) is 0 Å². The van der Waals surface area contributed by atoms with Gasteiger partial charge in [-0.05, 0) is 26.7 Å². The highest BCUT2D eigenvalue weighted by atomic mass is 28.3. The molecule has 0 aliphatic rings.